The van der Waals surface area contributed by atoms with E-state index < -0.39 is 0 Å². The first-order valence-corrected chi connectivity index (χ1v) is 8.63. The van der Waals surface area contributed by atoms with Gasteiger partial charge in [0.15, 0.2) is 0 Å². The van der Waals surface area contributed by atoms with Gasteiger partial charge < -0.3 is 5.32 Å². The molecule has 0 radical (unpaired) electrons. The van der Waals surface area contributed by atoms with Crippen molar-refractivity contribution in [1.29, 1.82) is 0 Å². The first-order chi connectivity index (χ1) is 10.1. The van der Waals surface area contributed by atoms with Gasteiger partial charge in [0.25, 0.3) is 0 Å². The van der Waals surface area contributed by atoms with Crippen molar-refractivity contribution >= 4 is 0 Å². The van der Waals surface area contributed by atoms with E-state index in [9.17, 15) is 0 Å². The molecule has 1 aromatic rings. The minimum atomic E-state index is 0.475. The van der Waals surface area contributed by atoms with Crippen molar-refractivity contribution in [1.82, 2.24) is 20.1 Å². The molecule has 1 aromatic heterocycles. The van der Waals surface area contributed by atoms with Crippen molar-refractivity contribution in [3.8, 4) is 0 Å². The van der Waals surface area contributed by atoms with Crippen LogP contribution in [0.5, 0.6) is 0 Å². The van der Waals surface area contributed by atoms with E-state index in [0.717, 1.165) is 37.9 Å². The van der Waals surface area contributed by atoms with Crippen LogP contribution >= 0.6 is 0 Å². The molecule has 2 atom stereocenters. The zero-order valence-electron chi connectivity index (χ0n) is 14.2. The molecule has 21 heavy (non-hydrogen) atoms. The Morgan fingerprint density at radius 1 is 1.33 bits per heavy atom. The van der Waals surface area contributed by atoms with Gasteiger partial charge in [0, 0.05) is 13.0 Å². The Kier molecular flexibility index (Phi) is 5.80. The molecule has 2 rings (SSSR count). The minimum Gasteiger partial charge on any atom is -0.316 e. The van der Waals surface area contributed by atoms with Crippen LogP contribution in [0.3, 0.4) is 0 Å². The zero-order valence-corrected chi connectivity index (χ0v) is 14.2. The molecule has 4 heteroatoms. The lowest BCUT2D eigenvalue weighted by molar-refractivity contribution is 0.114. The summed E-state index contributed by atoms with van der Waals surface area (Å²) in [5.41, 5.74) is 0.475. The van der Waals surface area contributed by atoms with Crippen LogP contribution in [0.25, 0.3) is 0 Å². The maximum absolute atomic E-state index is 4.49. The number of aromatic nitrogens is 3. The van der Waals surface area contributed by atoms with Gasteiger partial charge in [0.1, 0.15) is 12.2 Å². The van der Waals surface area contributed by atoms with Crippen LogP contribution in [0.15, 0.2) is 6.33 Å². The number of hydrogen-bond acceptors (Lipinski definition) is 3. The number of rotatable bonds is 7. The summed E-state index contributed by atoms with van der Waals surface area (Å²) in [5.74, 6) is 2.68. The lowest BCUT2D eigenvalue weighted by Crippen LogP contribution is -2.37. The second-order valence-electron chi connectivity index (χ2n) is 7.33. The molecular formula is C17H32N4. The highest BCUT2D eigenvalue weighted by Gasteiger charge is 2.35. The average Bonchev–Trinajstić information content (AvgIpc) is 2.88. The smallest absolute Gasteiger partial charge is 0.138 e. The van der Waals surface area contributed by atoms with Gasteiger partial charge in [-0.15, -0.1) is 0 Å². The van der Waals surface area contributed by atoms with Gasteiger partial charge in [-0.1, -0.05) is 20.8 Å². The van der Waals surface area contributed by atoms with Crippen molar-refractivity contribution in [3.63, 3.8) is 0 Å². The summed E-state index contributed by atoms with van der Waals surface area (Å²) in [7, 11) is 0. The predicted molar refractivity (Wildman–Crippen MR) is 87.2 cm³/mol. The normalized spacial score (nSPS) is 25.1. The van der Waals surface area contributed by atoms with Crippen LogP contribution < -0.4 is 5.32 Å². The zero-order chi connectivity index (χ0) is 15.3. The summed E-state index contributed by atoms with van der Waals surface area (Å²) in [4.78, 5) is 4.49. The van der Waals surface area contributed by atoms with Gasteiger partial charge in [0.2, 0.25) is 0 Å². The molecule has 0 aliphatic heterocycles. The second kappa shape index (κ2) is 7.39. The third-order valence-corrected chi connectivity index (χ3v) is 4.95. The van der Waals surface area contributed by atoms with Crippen molar-refractivity contribution in [3.05, 3.63) is 12.2 Å². The summed E-state index contributed by atoms with van der Waals surface area (Å²) < 4.78 is 2.05. The van der Waals surface area contributed by atoms with Gasteiger partial charge in [0.05, 0.1) is 0 Å². The van der Waals surface area contributed by atoms with E-state index in [1.54, 1.807) is 6.33 Å². The van der Waals surface area contributed by atoms with Crippen molar-refractivity contribution in [2.75, 3.05) is 13.1 Å². The molecular weight excluding hydrogens is 260 g/mol. The highest BCUT2D eigenvalue weighted by molar-refractivity contribution is 4.94. The van der Waals surface area contributed by atoms with Crippen LogP contribution in [-0.4, -0.2) is 27.9 Å². The van der Waals surface area contributed by atoms with Gasteiger partial charge >= 0.3 is 0 Å². The largest absolute Gasteiger partial charge is 0.316 e. The van der Waals surface area contributed by atoms with E-state index in [1.807, 2.05) is 0 Å². The van der Waals surface area contributed by atoms with Gasteiger partial charge in [-0.05, 0) is 62.9 Å². The molecule has 1 aliphatic rings. The highest BCUT2D eigenvalue weighted by atomic mass is 15.3. The predicted octanol–water partition coefficient (Wildman–Crippen LogP) is 3.28. The molecule has 0 bridgehead atoms. The van der Waals surface area contributed by atoms with E-state index in [0.29, 0.717) is 5.41 Å². The lowest BCUT2D eigenvalue weighted by atomic mass is 9.66. The highest BCUT2D eigenvalue weighted by Crippen LogP contribution is 2.42. The number of aryl methyl sites for hydroxylation is 1. The Hall–Kier alpha value is -0.900. The summed E-state index contributed by atoms with van der Waals surface area (Å²) in [6, 6.07) is 0. The molecule has 0 amide bonds. The first kappa shape index (κ1) is 16.5. The van der Waals surface area contributed by atoms with Gasteiger partial charge in [-0.25, -0.2) is 4.98 Å². The molecule has 120 valence electrons. The SMILES string of the molecule is CCCNCC1CCC(C)(C)CC1Cc1ncnn1CC. The van der Waals surface area contributed by atoms with E-state index >= 15 is 0 Å². The number of nitrogens with one attached hydrogen (secondary N) is 1. The Bertz CT molecular complexity index is 424. The van der Waals surface area contributed by atoms with Crippen molar-refractivity contribution < 1.29 is 0 Å². The van der Waals surface area contributed by atoms with Gasteiger partial charge in [-0.2, -0.15) is 5.10 Å². The molecule has 1 aliphatic carbocycles. The fourth-order valence-electron chi connectivity index (χ4n) is 3.71. The van der Waals surface area contributed by atoms with Crippen LogP contribution in [0.1, 0.15) is 59.2 Å². The van der Waals surface area contributed by atoms with Crippen LogP contribution in [0.2, 0.25) is 0 Å². The Morgan fingerprint density at radius 3 is 2.86 bits per heavy atom. The topological polar surface area (TPSA) is 42.7 Å². The molecule has 0 spiro atoms. The van der Waals surface area contributed by atoms with E-state index in [1.165, 1.54) is 31.5 Å². The fraction of sp³-hybridized carbons (Fsp3) is 0.882. The Balaban J connectivity index is 2.02. The molecule has 0 saturated heterocycles. The third kappa shape index (κ3) is 4.53. The maximum Gasteiger partial charge on any atom is 0.138 e. The second-order valence-corrected chi connectivity index (χ2v) is 7.33. The molecule has 1 fully saturated rings. The summed E-state index contributed by atoms with van der Waals surface area (Å²) in [6.45, 7) is 12.4. The average molecular weight is 292 g/mol. The van der Waals surface area contributed by atoms with Crippen LogP contribution in [-0.2, 0) is 13.0 Å². The fourth-order valence-corrected chi connectivity index (χ4v) is 3.71. The molecule has 1 heterocycles. The molecule has 2 unspecified atom stereocenters. The maximum atomic E-state index is 4.49. The lowest BCUT2D eigenvalue weighted by Gasteiger charge is -2.41. The number of nitrogens with zero attached hydrogens (tertiary/aromatic N) is 3. The molecule has 4 nitrogen and oxygen atoms in total. The standard InChI is InChI=1S/C17H32N4/c1-5-9-18-12-14-7-8-17(3,4)11-15(14)10-16-19-13-20-21(16)6-2/h13-15,18H,5-12H2,1-4H3. The van der Waals surface area contributed by atoms with Gasteiger partial charge in [-0.3, -0.25) is 4.68 Å². The monoisotopic (exact) mass is 292 g/mol. The van der Waals surface area contributed by atoms with E-state index in [-0.39, 0.29) is 0 Å². The summed E-state index contributed by atoms with van der Waals surface area (Å²) in [6.07, 6.45) is 8.00. The summed E-state index contributed by atoms with van der Waals surface area (Å²) in [5, 5.41) is 7.95. The van der Waals surface area contributed by atoms with Crippen molar-refractivity contribution in [2.45, 2.75) is 66.3 Å². The number of hydrogen-bond donors (Lipinski definition) is 1. The van der Waals surface area contributed by atoms with Crippen LogP contribution in [0.4, 0.5) is 0 Å². The van der Waals surface area contributed by atoms with Crippen LogP contribution in [0, 0.1) is 17.3 Å². The van der Waals surface area contributed by atoms with E-state index in [4.69, 9.17) is 0 Å². The summed E-state index contributed by atoms with van der Waals surface area (Å²) >= 11 is 0. The first-order valence-electron chi connectivity index (χ1n) is 8.63. The van der Waals surface area contributed by atoms with E-state index in [2.05, 4.69) is 47.8 Å². The molecule has 1 saturated carbocycles. The Morgan fingerprint density at radius 2 is 2.14 bits per heavy atom. The minimum absolute atomic E-state index is 0.475. The quantitative estimate of drug-likeness (QED) is 0.784. The third-order valence-electron chi connectivity index (χ3n) is 4.95. The Labute approximate surface area is 129 Å². The molecule has 0 aromatic carbocycles. The van der Waals surface area contributed by atoms with Crippen molar-refractivity contribution in [2.24, 2.45) is 17.3 Å². The molecule has 1 N–H and O–H groups in total.